The van der Waals surface area contributed by atoms with Gasteiger partial charge in [-0.05, 0) is 37.5 Å². The van der Waals surface area contributed by atoms with Crippen LogP contribution in [0.1, 0.15) is 22.3 Å². The first-order valence-electron chi connectivity index (χ1n) is 4.90. The van der Waals surface area contributed by atoms with Crippen molar-refractivity contribution in [2.24, 2.45) is 0 Å². The first-order chi connectivity index (χ1) is 6.54. The average Bonchev–Trinajstić information content (AvgIpc) is 2.10. The molecule has 1 unspecified atom stereocenters. The minimum atomic E-state index is -0.643. The summed E-state index contributed by atoms with van der Waals surface area (Å²) in [5, 5.41) is 18.2. The molecule has 2 nitrogen and oxygen atoms in total. The van der Waals surface area contributed by atoms with Crippen molar-refractivity contribution in [1.29, 1.82) is 0 Å². The van der Waals surface area contributed by atoms with E-state index in [0.717, 1.165) is 5.56 Å². The van der Waals surface area contributed by atoms with E-state index in [0.29, 0.717) is 6.42 Å². The molecule has 1 atom stereocenters. The topological polar surface area (TPSA) is 40.5 Å². The summed E-state index contributed by atoms with van der Waals surface area (Å²) >= 11 is 0. The molecular weight excluding hydrogens is 176 g/mol. The number of hydrogen-bond acceptors (Lipinski definition) is 2. The fourth-order valence-corrected chi connectivity index (χ4v) is 1.83. The lowest BCUT2D eigenvalue weighted by Crippen LogP contribution is -2.16. The molecule has 14 heavy (non-hydrogen) atoms. The van der Waals surface area contributed by atoms with E-state index in [1.807, 2.05) is 13.8 Å². The van der Waals surface area contributed by atoms with E-state index in [4.69, 9.17) is 5.11 Å². The Morgan fingerprint density at radius 1 is 1.14 bits per heavy atom. The number of benzene rings is 1. The van der Waals surface area contributed by atoms with Crippen molar-refractivity contribution in [2.75, 3.05) is 6.61 Å². The molecule has 0 saturated heterocycles. The second kappa shape index (κ2) is 4.58. The lowest BCUT2D eigenvalue weighted by Gasteiger charge is -2.13. The molecule has 1 aromatic rings. The summed E-state index contributed by atoms with van der Waals surface area (Å²) in [6, 6.07) is 4.21. The minimum Gasteiger partial charge on any atom is -0.394 e. The molecule has 0 bridgehead atoms. The van der Waals surface area contributed by atoms with Crippen LogP contribution in [0.15, 0.2) is 12.1 Å². The smallest absolute Gasteiger partial charge is 0.0811 e. The van der Waals surface area contributed by atoms with Crippen LogP contribution in [-0.2, 0) is 6.42 Å². The average molecular weight is 194 g/mol. The van der Waals surface area contributed by atoms with Crippen molar-refractivity contribution in [3.05, 3.63) is 34.4 Å². The molecule has 1 aromatic carbocycles. The zero-order valence-corrected chi connectivity index (χ0v) is 9.04. The third kappa shape index (κ3) is 2.56. The van der Waals surface area contributed by atoms with Crippen molar-refractivity contribution in [2.45, 2.75) is 33.3 Å². The molecule has 0 aliphatic heterocycles. The largest absolute Gasteiger partial charge is 0.394 e. The molecule has 0 aliphatic rings. The van der Waals surface area contributed by atoms with E-state index in [-0.39, 0.29) is 6.61 Å². The van der Waals surface area contributed by atoms with Gasteiger partial charge in [-0.2, -0.15) is 0 Å². The highest BCUT2D eigenvalue weighted by molar-refractivity contribution is 5.37. The Labute approximate surface area is 85.2 Å². The van der Waals surface area contributed by atoms with Crippen LogP contribution < -0.4 is 0 Å². The normalized spacial score (nSPS) is 12.9. The first kappa shape index (κ1) is 11.2. The molecule has 1 rings (SSSR count). The third-order valence-corrected chi connectivity index (χ3v) is 2.49. The van der Waals surface area contributed by atoms with Crippen LogP contribution in [0.3, 0.4) is 0 Å². The van der Waals surface area contributed by atoms with E-state index in [1.54, 1.807) is 0 Å². The van der Waals surface area contributed by atoms with Gasteiger partial charge in [0.1, 0.15) is 0 Å². The molecule has 78 valence electrons. The van der Waals surface area contributed by atoms with Crippen molar-refractivity contribution >= 4 is 0 Å². The fourth-order valence-electron chi connectivity index (χ4n) is 1.83. The van der Waals surface area contributed by atoms with Crippen LogP contribution >= 0.6 is 0 Å². The lowest BCUT2D eigenvalue weighted by atomic mass is 9.95. The SMILES string of the molecule is Cc1cc(C)c(CC(O)CO)c(C)c1. The third-order valence-electron chi connectivity index (χ3n) is 2.49. The molecule has 0 amide bonds. The maximum Gasteiger partial charge on any atom is 0.0811 e. The minimum absolute atomic E-state index is 0.174. The van der Waals surface area contributed by atoms with Gasteiger partial charge in [0.25, 0.3) is 0 Å². The van der Waals surface area contributed by atoms with Gasteiger partial charge in [-0.15, -0.1) is 0 Å². The van der Waals surface area contributed by atoms with Gasteiger partial charge >= 0.3 is 0 Å². The van der Waals surface area contributed by atoms with Crippen LogP contribution in [0.4, 0.5) is 0 Å². The molecule has 0 radical (unpaired) electrons. The standard InChI is InChI=1S/C12H18O2/c1-8-4-9(2)12(10(3)5-8)6-11(14)7-13/h4-5,11,13-14H,6-7H2,1-3H3. The fraction of sp³-hybridized carbons (Fsp3) is 0.500. The van der Waals surface area contributed by atoms with Crippen LogP contribution in [0.5, 0.6) is 0 Å². The summed E-state index contributed by atoms with van der Waals surface area (Å²) in [7, 11) is 0. The molecule has 0 heterocycles. The number of aliphatic hydroxyl groups excluding tert-OH is 2. The van der Waals surface area contributed by atoms with Gasteiger partial charge in [-0.1, -0.05) is 17.7 Å². The Bertz CT molecular complexity index is 295. The number of aliphatic hydroxyl groups is 2. The Morgan fingerprint density at radius 2 is 1.64 bits per heavy atom. The quantitative estimate of drug-likeness (QED) is 0.765. The molecule has 0 aromatic heterocycles. The van der Waals surface area contributed by atoms with E-state index >= 15 is 0 Å². The lowest BCUT2D eigenvalue weighted by molar-refractivity contribution is 0.0953. The first-order valence-corrected chi connectivity index (χ1v) is 4.90. The molecule has 2 heteroatoms. The maximum absolute atomic E-state index is 9.38. The zero-order valence-electron chi connectivity index (χ0n) is 9.04. The molecule has 2 N–H and O–H groups in total. The van der Waals surface area contributed by atoms with E-state index < -0.39 is 6.10 Å². The van der Waals surface area contributed by atoms with Crippen molar-refractivity contribution < 1.29 is 10.2 Å². The van der Waals surface area contributed by atoms with Gasteiger partial charge in [0, 0.05) is 6.42 Å². The van der Waals surface area contributed by atoms with Gasteiger partial charge in [0.2, 0.25) is 0 Å². The van der Waals surface area contributed by atoms with Gasteiger partial charge in [0.05, 0.1) is 12.7 Å². The Kier molecular flexibility index (Phi) is 3.67. The Morgan fingerprint density at radius 3 is 2.07 bits per heavy atom. The van der Waals surface area contributed by atoms with Gasteiger partial charge in [-0.3, -0.25) is 0 Å². The monoisotopic (exact) mass is 194 g/mol. The Hall–Kier alpha value is -0.860. The maximum atomic E-state index is 9.38. The summed E-state index contributed by atoms with van der Waals surface area (Å²) in [6.07, 6.45) is -0.107. The highest BCUT2D eigenvalue weighted by atomic mass is 16.3. The Balaban J connectivity index is 2.96. The number of hydrogen-bond donors (Lipinski definition) is 2. The van der Waals surface area contributed by atoms with Crippen molar-refractivity contribution in [3.63, 3.8) is 0 Å². The van der Waals surface area contributed by atoms with E-state index in [2.05, 4.69) is 19.1 Å². The van der Waals surface area contributed by atoms with Crippen molar-refractivity contribution in [3.8, 4) is 0 Å². The molecule has 0 fully saturated rings. The van der Waals surface area contributed by atoms with Gasteiger partial charge in [0.15, 0.2) is 0 Å². The summed E-state index contributed by atoms with van der Waals surface area (Å²) in [6.45, 7) is 5.97. The predicted molar refractivity (Wildman–Crippen MR) is 57.4 cm³/mol. The van der Waals surface area contributed by atoms with E-state index in [9.17, 15) is 5.11 Å². The number of rotatable bonds is 3. The van der Waals surface area contributed by atoms with Gasteiger partial charge < -0.3 is 10.2 Å². The van der Waals surface area contributed by atoms with Crippen LogP contribution in [-0.4, -0.2) is 22.9 Å². The van der Waals surface area contributed by atoms with Crippen LogP contribution in [0.25, 0.3) is 0 Å². The summed E-state index contributed by atoms with van der Waals surface area (Å²) in [5.74, 6) is 0. The predicted octanol–water partition coefficient (Wildman–Crippen LogP) is 1.51. The molecule has 0 saturated carbocycles. The van der Waals surface area contributed by atoms with E-state index in [1.165, 1.54) is 16.7 Å². The summed E-state index contributed by atoms with van der Waals surface area (Å²) in [4.78, 5) is 0. The molecular formula is C12H18O2. The highest BCUT2D eigenvalue weighted by Crippen LogP contribution is 2.17. The number of aryl methyl sites for hydroxylation is 3. The van der Waals surface area contributed by atoms with Gasteiger partial charge in [-0.25, -0.2) is 0 Å². The zero-order chi connectivity index (χ0) is 10.7. The van der Waals surface area contributed by atoms with Crippen LogP contribution in [0.2, 0.25) is 0 Å². The summed E-state index contributed by atoms with van der Waals surface area (Å²) < 4.78 is 0. The molecule has 0 aliphatic carbocycles. The van der Waals surface area contributed by atoms with Crippen molar-refractivity contribution in [1.82, 2.24) is 0 Å². The summed E-state index contributed by atoms with van der Waals surface area (Å²) in [5.41, 5.74) is 4.77. The molecule has 0 spiro atoms. The second-order valence-corrected chi connectivity index (χ2v) is 3.92. The van der Waals surface area contributed by atoms with Crippen LogP contribution in [0, 0.1) is 20.8 Å². The highest BCUT2D eigenvalue weighted by Gasteiger charge is 2.09. The second-order valence-electron chi connectivity index (χ2n) is 3.92.